The molecule has 0 aliphatic rings. The second-order valence-electron chi connectivity index (χ2n) is 2.76. The Balaban J connectivity index is 2.71. The van der Waals surface area contributed by atoms with Crippen molar-refractivity contribution in [2.24, 2.45) is 0 Å². The van der Waals surface area contributed by atoms with Crippen molar-refractivity contribution >= 4 is 26.8 Å². The van der Waals surface area contributed by atoms with Crippen molar-refractivity contribution in [1.82, 2.24) is 10.2 Å². The van der Waals surface area contributed by atoms with Crippen LogP contribution in [0.4, 0.5) is 0 Å². The molecule has 2 aromatic rings. The van der Waals surface area contributed by atoms with Crippen LogP contribution in [0.5, 0.6) is 11.5 Å². The number of halogens is 1. The van der Waals surface area contributed by atoms with E-state index in [1.165, 1.54) is 0 Å². The van der Waals surface area contributed by atoms with Crippen molar-refractivity contribution in [1.29, 1.82) is 0 Å². The van der Waals surface area contributed by atoms with E-state index in [9.17, 15) is 0 Å². The van der Waals surface area contributed by atoms with Crippen LogP contribution in [-0.2, 0) is 0 Å². The Morgan fingerprint density at radius 2 is 1.86 bits per heavy atom. The van der Waals surface area contributed by atoms with Gasteiger partial charge in [-0.15, -0.1) is 0 Å². The molecule has 0 radical (unpaired) electrons. The highest BCUT2D eigenvalue weighted by Gasteiger charge is 2.09. The van der Waals surface area contributed by atoms with Gasteiger partial charge in [0, 0.05) is 11.5 Å². The number of aromatic amines is 1. The lowest BCUT2D eigenvalue weighted by molar-refractivity contribution is 0.356. The number of benzene rings is 1. The van der Waals surface area contributed by atoms with Crippen molar-refractivity contribution in [3.63, 3.8) is 0 Å². The van der Waals surface area contributed by atoms with Crippen LogP contribution in [0.2, 0.25) is 0 Å². The zero-order valence-electron chi connectivity index (χ0n) is 7.80. The topological polar surface area (TPSA) is 47.1 Å². The molecule has 0 saturated heterocycles. The molecule has 0 saturated carbocycles. The fraction of sp³-hybridized carbons (Fsp3) is 0.222. The van der Waals surface area contributed by atoms with Crippen LogP contribution < -0.4 is 9.47 Å². The van der Waals surface area contributed by atoms with Crippen molar-refractivity contribution < 1.29 is 9.47 Å². The molecule has 1 aromatic carbocycles. The number of hydrogen-bond donors (Lipinski definition) is 1. The lowest BCUT2D eigenvalue weighted by Crippen LogP contribution is -1.89. The molecule has 0 unspecified atom stereocenters. The summed E-state index contributed by atoms with van der Waals surface area (Å²) in [7, 11) is 3.21. The maximum absolute atomic E-state index is 5.18. The third-order valence-corrected chi connectivity index (χ3v) is 2.62. The molecule has 1 heterocycles. The smallest absolute Gasteiger partial charge is 0.162 e. The van der Waals surface area contributed by atoms with E-state index in [-0.39, 0.29) is 0 Å². The summed E-state index contributed by atoms with van der Waals surface area (Å²) in [6, 6.07) is 3.71. The van der Waals surface area contributed by atoms with Gasteiger partial charge in [0.05, 0.1) is 19.7 Å². The van der Waals surface area contributed by atoms with Gasteiger partial charge in [0.15, 0.2) is 11.5 Å². The quantitative estimate of drug-likeness (QED) is 0.898. The summed E-state index contributed by atoms with van der Waals surface area (Å²) in [6.45, 7) is 0. The minimum Gasteiger partial charge on any atom is -0.493 e. The van der Waals surface area contributed by atoms with Gasteiger partial charge in [-0.2, -0.15) is 5.10 Å². The number of fused-ring (bicyclic) bond motifs is 1. The standard InChI is InChI=1S/C9H9BrN2O2/c1-13-7-3-5-6(4-8(7)14-2)11-12-9(5)10/h3-4H,1-2H3,(H,11,12). The fourth-order valence-electron chi connectivity index (χ4n) is 1.31. The van der Waals surface area contributed by atoms with Crippen molar-refractivity contribution in [2.75, 3.05) is 14.2 Å². The van der Waals surface area contributed by atoms with Crippen LogP contribution in [0.1, 0.15) is 0 Å². The molecule has 1 N–H and O–H groups in total. The lowest BCUT2D eigenvalue weighted by atomic mass is 10.2. The molecular formula is C9H9BrN2O2. The summed E-state index contributed by atoms with van der Waals surface area (Å²) in [5.41, 5.74) is 0.842. The second-order valence-corrected chi connectivity index (χ2v) is 3.55. The summed E-state index contributed by atoms with van der Waals surface area (Å²) in [5.74, 6) is 1.38. The molecule has 0 amide bonds. The Kier molecular flexibility index (Phi) is 2.33. The van der Waals surface area contributed by atoms with Crippen LogP contribution in [0.25, 0.3) is 10.9 Å². The number of ether oxygens (including phenoxy) is 2. The first-order chi connectivity index (χ1) is 6.76. The predicted molar refractivity (Wildman–Crippen MR) is 56.9 cm³/mol. The predicted octanol–water partition coefficient (Wildman–Crippen LogP) is 2.34. The first-order valence-electron chi connectivity index (χ1n) is 4.02. The van der Waals surface area contributed by atoms with Crippen LogP contribution in [-0.4, -0.2) is 24.4 Å². The van der Waals surface area contributed by atoms with E-state index in [1.54, 1.807) is 14.2 Å². The van der Waals surface area contributed by atoms with Gasteiger partial charge in [0.1, 0.15) is 4.60 Å². The number of nitrogens with one attached hydrogen (secondary N) is 1. The minimum absolute atomic E-state index is 0.680. The van der Waals surface area contributed by atoms with Crippen molar-refractivity contribution in [3.05, 3.63) is 16.7 Å². The van der Waals surface area contributed by atoms with Gasteiger partial charge in [-0.3, -0.25) is 5.10 Å². The number of aromatic nitrogens is 2. The van der Waals surface area contributed by atoms with Crippen LogP contribution in [0, 0.1) is 0 Å². The normalized spacial score (nSPS) is 10.5. The van der Waals surface area contributed by atoms with Crippen LogP contribution >= 0.6 is 15.9 Å². The van der Waals surface area contributed by atoms with E-state index < -0.39 is 0 Å². The Morgan fingerprint density at radius 3 is 2.50 bits per heavy atom. The molecule has 5 heteroatoms. The molecule has 74 valence electrons. The number of nitrogens with zero attached hydrogens (tertiary/aromatic N) is 1. The number of methoxy groups -OCH3 is 2. The molecule has 1 aromatic heterocycles. The number of H-pyrrole nitrogens is 1. The van der Waals surface area contributed by atoms with E-state index in [4.69, 9.17) is 9.47 Å². The second kappa shape index (κ2) is 3.49. The van der Waals surface area contributed by atoms with E-state index in [0.717, 1.165) is 15.5 Å². The maximum Gasteiger partial charge on any atom is 0.162 e. The van der Waals surface area contributed by atoms with Crippen molar-refractivity contribution in [2.45, 2.75) is 0 Å². The van der Waals surface area contributed by atoms with E-state index in [2.05, 4.69) is 26.1 Å². The average molecular weight is 257 g/mol. The summed E-state index contributed by atoms with van der Waals surface area (Å²) in [4.78, 5) is 0. The Hall–Kier alpha value is -1.23. The van der Waals surface area contributed by atoms with Crippen LogP contribution in [0.15, 0.2) is 16.7 Å². The third-order valence-electron chi connectivity index (χ3n) is 2.01. The summed E-state index contributed by atoms with van der Waals surface area (Å²) < 4.78 is 11.2. The molecule has 0 spiro atoms. The van der Waals surface area contributed by atoms with E-state index in [1.807, 2.05) is 12.1 Å². The van der Waals surface area contributed by atoms with Gasteiger partial charge in [-0.25, -0.2) is 0 Å². The Morgan fingerprint density at radius 1 is 1.21 bits per heavy atom. The largest absolute Gasteiger partial charge is 0.493 e. The maximum atomic E-state index is 5.18. The summed E-state index contributed by atoms with van der Waals surface area (Å²) in [6.07, 6.45) is 0. The summed E-state index contributed by atoms with van der Waals surface area (Å²) in [5, 5.41) is 7.90. The van der Waals surface area contributed by atoms with Gasteiger partial charge in [0.25, 0.3) is 0 Å². The highest BCUT2D eigenvalue weighted by atomic mass is 79.9. The molecule has 0 bridgehead atoms. The lowest BCUT2D eigenvalue weighted by Gasteiger charge is -2.06. The van der Waals surface area contributed by atoms with Gasteiger partial charge >= 0.3 is 0 Å². The van der Waals surface area contributed by atoms with Gasteiger partial charge < -0.3 is 9.47 Å². The molecule has 2 rings (SSSR count). The first kappa shape index (κ1) is 9.33. The van der Waals surface area contributed by atoms with Crippen LogP contribution in [0.3, 0.4) is 0 Å². The highest BCUT2D eigenvalue weighted by Crippen LogP contribution is 2.33. The molecule has 4 nitrogen and oxygen atoms in total. The molecular weight excluding hydrogens is 248 g/mol. The zero-order chi connectivity index (χ0) is 10.1. The minimum atomic E-state index is 0.680. The average Bonchev–Trinajstić information content (AvgIpc) is 2.58. The third kappa shape index (κ3) is 1.33. The van der Waals surface area contributed by atoms with E-state index in [0.29, 0.717) is 11.5 Å². The van der Waals surface area contributed by atoms with Gasteiger partial charge in [-0.05, 0) is 22.0 Å². The Bertz CT molecular complexity index is 467. The summed E-state index contributed by atoms with van der Waals surface area (Å²) >= 11 is 3.36. The monoisotopic (exact) mass is 256 g/mol. The highest BCUT2D eigenvalue weighted by molar-refractivity contribution is 9.10. The number of hydrogen-bond acceptors (Lipinski definition) is 3. The fourth-order valence-corrected chi connectivity index (χ4v) is 1.71. The zero-order valence-corrected chi connectivity index (χ0v) is 9.38. The first-order valence-corrected chi connectivity index (χ1v) is 4.81. The molecule has 0 atom stereocenters. The number of rotatable bonds is 2. The van der Waals surface area contributed by atoms with E-state index >= 15 is 0 Å². The molecule has 0 fully saturated rings. The molecule has 0 aliphatic heterocycles. The molecule has 14 heavy (non-hydrogen) atoms. The Labute approximate surface area is 89.3 Å². The van der Waals surface area contributed by atoms with Crippen molar-refractivity contribution in [3.8, 4) is 11.5 Å². The van der Waals surface area contributed by atoms with Gasteiger partial charge in [0.2, 0.25) is 0 Å². The van der Waals surface area contributed by atoms with Gasteiger partial charge in [-0.1, -0.05) is 0 Å². The molecule has 0 aliphatic carbocycles. The SMILES string of the molecule is COc1cc2n[nH]c(Br)c2cc1OC.